The van der Waals surface area contributed by atoms with E-state index in [1.54, 1.807) is 38.3 Å². The standard InChI is InChI=1S/C15H16N2O4/c1-8-6-12(14(18)17-9(2)15(19)20)11-5-4-10(21-3)7-13(11)16-8/h4-7,9H,1-3H3,(H,17,18)(H,19,20)/t9-/m0/s1. The smallest absolute Gasteiger partial charge is 0.325 e. The number of pyridine rings is 1. The van der Waals surface area contributed by atoms with Gasteiger partial charge in [0.15, 0.2) is 0 Å². The minimum atomic E-state index is -1.08. The number of fused-ring (bicyclic) bond motifs is 1. The van der Waals surface area contributed by atoms with E-state index in [1.165, 1.54) is 6.92 Å². The van der Waals surface area contributed by atoms with Crippen LogP contribution in [-0.2, 0) is 4.79 Å². The topological polar surface area (TPSA) is 88.5 Å². The quantitative estimate of drug-likeness (QED) is 0.894. The Morgan fingerprint density at radius 3 is 2.67 bits per heavy atom. The van der Waals surface area contributed by atoms with Gasteiger partial charge in [0, 0.05) is 17.1 Å². The van der Waals surface area contributed by atoms with Crippen LogP contribution in [-0.4, -0.2) is 35.1 Å². The van der Waals surface area contributed by atoms with Crippen LogP contribution in [0.5, 0.6) is 5.75 Å². The molecule has 1 heterocycles. The van der Waals surface area contributed by atoms with Crippen molar-refractivity contribution >= 4 is 22.8 Å². The molecular weight excluding hydrogens is 272 g/mol. The van der Waals surface area contributed by atoms with Crippen molar-refractivity contribution in [3.8, 4) is 5.75 Å². The fourth-order valence-electron chi connectivity index (χ4n) is 1.99. The van der Waals surface area contributed by atoms with Gasteiger partial charge in [-0.2, -0.15) is 0 Å². The molecule has 0 aliphatic carbocycles. The molecule has 2 N–H and O–H groups in total. The minimum Gasteiger partial charge on any atom is -0.497 e. The van der Waals surface area contributed by atoms with E-state index in [1.807, 2.05) is 0 Å². The third-order valence-corrected chi connectivity index (χ3v) is 3.11. The number of ether oxygens (including phenoxy) is 1. The zero-order chi connectivity index (χ0) is 15.6. The number of carbonyl (C=O) groups excluding carboxylic acids is 1. The van der Waals surface area contributed by atoms with E-state index in [0.717, 1.165) is 0 Å². The van der Waals surface area contributed by atoms with Crippen LogP contribution in [0.4, 0.5) is 0 Å². The minimum absolute atomic E-state index is 0.397. The van der Waals surface area contributed by atoms with Crippen molar-refractivity contribution in [1.82, 2.24) is 10.3 Å². The van der Waals surface area contributed by atoms with Gasteiger partial charge in [0.25, 0.3) is 5.91 Å². The van der Waals surface area contributed by atoms with Crippen molar-refractivity contribution in [2.45, 2.75) is 19.9 Å². The molecule has 6 heteroatoms. The van der Waals surface area contributed by atoms with E-state index in [9.17, 15) is 9.59 Å². The van der Waals surface area contributed by atoms with Gasteiger partial charge in [0.2, 0.25) is 0 Å². The summed E-state index contributed by atoms with van der Waals surface area (Å²) < 4.78 is 5.14. The van der Waals surface area contributed by atoms with Crippen molar-refractivity contribution in [2.75, 3.05) is 7.11 Å². The number of carbonyl (C=O) groups is 2. The molecule has 0 radical (unpaired) electrons. The van der Waals surface area contributed by atoms with Crippen molar-refractivity contribution in [3.63, 3.8) is 0 Å². The van der Waals surface area contributed by atoms with Gasteiger partial charge in [-0.05, 0) is 32.0 Å². The lowest BCUT2D eigenvalue weighted by molar-refractivity contribution is -0.138. The van der Waals surface area contributed by atoms with E-state index < -0.39 is 17.9 Å². The molecule has 0 aliphatic heterocycles. The number of aromatic nitrogens is 1. The van der Waals surface area contributed by atoms with E-state index in [-0.39, 0.29) is 0 Å². The third-order valence-electron chi connectivity index (χ3n) is 3.11. The van der Waals surface area contributed by atoms with Crippen LogP contribution in [0.3, 0.4) is 0 Å². The molecule has 0 saturated heterocycles. The summed E-state index contributed by atoms with van der Waals surface area (Å²) in [5.41, 5.74) is 1.69. The molecular formula is C15H16N2O4. The van der Waals surface area contributed by atoms with Crippen LogP contribution in [0.25, 0.3) is 10.9 Å². The van der Waals surface area contributed by atoms with Crippen molar-refractivity contribution < 1.29 is 19.4 Å². The predicted octanol–water partition coefficient (Wildman–Crippen LogP) is 1.75. The summed E-state index contributed by atoms with van der Waals surface area (Å²) in [6.07, 6.45) is 0. The van der Waals surface area contributed by atoms with Crippen LogP contribution in [0.1, 0.15) is 23.0 Å². The summed E-state index contributed by atoms with van der Waals surface area (Å²) in [6.45, 7) is 3.19. The molecule has 0 bridgehead atoms. The van der Waals surface area contributed by atoms with Crippen LogP contribution < -0.4 is 10.1 Å². The highest BCUT2D eigenvalue weighted by Crippen LogP contribution is 2.23. The Labute approximate surface area is 121 Å². The fourth-order valence-corrected chi connectivity index (χ4v) is 1.99. The molecule has 1 aromatic heterocycles. The van der Waals surface area contributed by atoms with E-state index >= 15 is 0 Å². The zero-order valence-corrected chi connectivity index (χ0v) is 12.0. The van der Waals surface area contributed by atoms with Gasteiger partial charge in [-0.15, -0.1) is 0 Å². The van der Waals surface area contributed by atoms with E-state index in [2.05, 4.69) is 10.3 Å². The first kappa shape index (κ1) is 14.8. The monoisotopic (exact) mass is 288 g/mol. The van der Waals surface area contributed by atoms with Gasteiger partial charge in [-0.25, -0.2) is 0 Å². The molecule has 2 rings (SSSR count). The predicted molar refractivity (Wildman–Crippen MR) is 77.6 cm³/mol. The Morgan fingerprint density at radius 2 is 2.05 bits per heavy atom. The molecule has 0 saturated carbocycles. The normalized spacial score (nSPS) is 12.0. The lowest BCUT2D eigenvalue weighted by Crippen LogP contribution is -2.38. The Bertz CT molecular complexity index is 712. The molecule has 0 unspecified atom stereocenters. The van der Waals surface area contributed by atoms with Crippen molar-refractivity contribution in [1.29, 1.82) is 0 Å². The number of amides is 1. The number of nitrogens with zero attached hydrogens (tertiary/aromatic N) is 1. The molecule has 1 aromatic carbocycles. The van der Waals surface area contributed by atoms with Gasteiger partial charge >= 0.3 is 5.97 Å². The van der Waals surface area contributed by atoms with Gasteiger partial charge < -0.3 is 15.2 Å². The molecule has 2 aromatic rings. The number of aliphatic carboxylic acids is 1. The summed E-state index contributed by atoms with van der Waals surface area (Å²) >= 11 is 0. The fraction of sp³-hybridized carbons (Fsp3) is 0.267. The van der Waals surface area contributed by atoms with Gasteiger partial charge in [-0.3, -0.25) is 14.6 Å². The van der Waals surface area contributed by atoms with Gasteiger partial charge in [-0.1, -0.05) is 0 Å². The first-order valence-electron chi connectivity index (χ1n) is 6.41. The average Bonchev–Trinajstić information content (AvgIpc) is 2.45. The number of benzene rings is 1. The Kier molecular flexibility index (Phi) is 4.07. The lowest BCUT2D eigenvalue weighted by Gasteiger charge is -2.12. The number of methoxy groups -OCH3 is 1. The van der Waals surface area contributed by atoms with Crippen LogP contribution >= 0.6 is 0 Å². The van der Waals surface area contributed by atoms with Crippen LogP contribution in [0.15, 0.2) is 24.3 Å². The largest absolute Gasteiger partial charge is 0.497 e. The van der Waals surface area contributed by atoms with E-state index in [0.29, 0.717) is 27.9 Å². The molecule has 0 spiro atoms. The third kappa shape index (κ3) is 3.10. The Hall–Kier alpha value is -2.63. The highest BCUT2D eigenvalue weighted by molar-refractivity contribution is 6.07. The maximum atomic E-state index is 12.2. The number of hydrogen-bond donors (Lipinski definition) is 2. The lowest BCUT2D eigenvalue weighted by atomic mass is 10.1. The molecule has 0 aliphatic rings. The summed E-state index contributed by atoms with van der Waals surface area (Å²) in [4.78, 5) is 27.4. The van der Waals surface area contributed by atoms with Gasteiger partial charge in [0.05, 0.1) is 18.2 Å². The van der Waals surface area contributed by atoms with Crippen LogP contribution in [0, 0.1) is 6.92 Å². The van der Waals surface area contributed by atoms with Gasteiger partial charge in [0.1, 0.15) is 11.8 Å². The van der Waals surface area contributed by atoms with Crippen molar-refractivity contribution in [3.05, 3.63) is 35.5 Å². The summed E-state index contributed by atoms with van der Waals surface area (Å²) in [6, 6.07) is 5.88. The zero-order valence-electron chi connectivity index (χ0n) is 12.0. The molecule has 21 heavy (non-hydrogen) atoms. The number of aryl methyl sites for hydroxylation is 1. The maximum Gasteiger partial charge on any atom is 0.325 e. The molecule has 1 amide bonds. The summed E-state index contributed by atoms with van der Waals surface area (Å²) in [5, 5.41) is 12.0. The second-order valence-electron chi connectivity index (χ2n) is 4.73. The number of carboxylic acids is 1. The van der Waals surface area contributed by atoms with Crippen molar-refractivity contribution in [2.24, 2.45) is 0 Å². The number of carboxylic acid groups (broad SMARTS) is 1. The molecule has 0 fully saturated rings. The first-order chi connectivity index (χ1) is 9.92. The average molecular weight is 288 g/mol. The molecule has 1 atom stereocenters. The second-order valence-corrected chi connectivity index (χ2v) is 4.73. The maximum absolute atomic E-state index is 12.2. The summed E-state index contributed by atoms with van der Waals surface area (Å²) in [7, 11) is 1.55. The molecule has 6 nitrogen and oxygen atoms in total. The first-order valence-corrected chi connectivity index (χ1v) is 6.41. The SMILES string of the molecule is COc1ccc2c(C(=O)N[C@@H](C)C(=O)O)cc(C)nc2c1. The number of nitrogens with one attached hydrogen (secondary N) is 1. The Morgan fingerprint density at radius 1 is 1.33 bits per heavy atom. The second kappa shape index (κ2) is 5.78. The van der Waals surface area contributed by atoms with Crippen LogP contribution in [0.2, 0.25) is 0 Å². The number of hydrogen-bond acceptors (Lipinski definition) is 4. The molecule has 110 valence electrons. The van der Waals surface area contributed by atoms with E-state index in [4.69, 9.17) is 9.84 Å². The summed E-state index contributed by atoms with van der Waals surface area (Å²) in [5.74, 6) is -0.878. The number of rotatable bonds is 4. The highest BCUT2D eigenvalue weighted by Gasteiger charge is 2.18. The Balaban J connectivity index is 2.48. The highest BCUT2D eigenvalue weighted by atomic mass is 16.5.